The highest BCUT2D eigenvalue weighted by Gasteiger charge is 2.51. The summed E-state index contributed by atoms with van der Waals surface area (Å²) in [6, 6.07) is 10.9. The average Bonchev–Trinajstić information content (AvgIpc) is 3.70. The third kappa shape index (κ3) is 5.74. The molecule has 4 rings (SSSR count). The SMILES string of the molecule is CC(O)(c1ccc(C(=O)N(C2CC2)C2CCC(CCOC(N)=O)(c3ccccn3)CC2)cc1)C(F)(F)F. The summed E-state index contributed by atoms with van der Waals surface area (Å²) >= 11 is 0. The number of alkyl halides is 3. The lowest BCUT2D eigenvalue weighted by molar-refractivity contribution is -0.258. The number of carbonyl (C=O) groups is 2. The summed E-state index contributed by atoms with van der Waals surface area (Å²) in [7, 11) is 0. The number of amides is 2. The van der Waals surface area contributed by atoms with E-state index in [0.29, 0.717) is 18.9 Å². The first kappa shape index (κ1) is 26.9. The molecule has 0 aliphatic heterocycles. The highest BCUT2D eigenvalue weighted by molar-refractivity contribution is 5.95. The van der Waals surface area contributed by atoms with Crippen LogP contribution in [-0.2, 0) is 15.8 Å². The van der Waals surface area contributed by atoms with Crippen molar-refractivity contribution in [2.75, 3.05) is 6.61 Å². The molecular formula is C27H32F3N3O4. The summed E-state index contributed by atoms with van der Waals surface area (Å²) in [4.78, 5) is 31.1. The van der Waals surface area contributed by atoms with E-state index in [1.54, 1.807) is 6.20 Å². The second-order valence-electron chi connectivity index (χ2n) is 10.2. The average molecular weight is 520 g/mol. The summed E-state index contributed by atoms with van der Waals surface area (Å²) in [6.07, 6.45) is 1.34. The van der Waals surface area contributed by atoms with Gasteiger partial charge in [-0.05, 0) is 81.7 Å². The van der Waals surface area contributed by atoms with Gasteiger partial charge in [-0.25, -0.2) is 4.79 Å². The number of aromatic nitrogens is 1. The first-order valence-corrected chi connectivity index (χ1v) is 12.5. The van der Waals surface area contributed by atoms with Crippen LogP contribution in [0.1, 0.15) is 73.5 Å². The van der Waals surface area contributed by atoms with Crippen molar-refractivity contribution in [3.63, 3.8) is 0 Å². The van der Waals surface area contributed by atoms with Gasteiger partial charge in [0.05, 0.1) is 6.61 Å². The number of pyridine rings is 1. The lowest BCUT2D eigenvalue weighted by atomic mass is 9.68. The van der Waals surface area contributed by atoms with E-state index in [9.17, 15) is 27.9 Å². The number of nitrogens with two attached hydrogens (primary N) is 1. The predicted molar refractivity (Wildman–Crippen MR) is 130 cm³/mol. The van der Waals surface area contributed by atoms with Crippen LogP contribution in [0.3, 0.4) is 0 Å². The molecule has 7 nitrogen and oxygen atoms in total. The Morgan fingerprint density at radius 2 is 1.70 bits per heavy atom. The zero-order valence-corrected chi connectivity index (χ0v) is 20.7. The Balaban J connectivity index is 1.50. The highest BCUT2D eigenvalue weighted by atomic mass is 19.4. The molecule has 1 atom stereocenters. The van der Waals surface area contributed by atoms with Crippen molar-refractivity contribution in [2.24, 2.45) is 5.73 Å². The normalized spacial score (nSPS) is 23.6. The maximum absolute atomic E-state index is 13.5. The summed E-state index contributed by atoms with van der Waals surface area (Å²) in [5.41, 5.74) is 2.73. The van der Waals surface area contributed by atoms with Crippen LogP contribution in [0, 0.1) is 0 Å². The smallest absolute Gasteiger partial charge is 0.421 e. The molecule has 2 aliphatic rings. The van der Waals surface area contributed by atoms with Gasteiger partial charge in [0.2, 0.25) is 0 Å². The van der Waals surface area contributed by atoms with Gasteiger partial charge in [-0.1, -0.05) is 18.2 Å². The molecule has 2 saturated carbocycles. The highest BCUT2D eigenvalue weighted by Crippen LogP contribution is 2.45. The molecule has 1 heterocycles. The molecule has 10 heteroatoms. The fourth-order valence-corrected chi connectivity index (χ4v) is 5.32. The third-order valence-electron chi connectivity index (χ3n) is 7.76. The van der Waals surface area contributed by atoms with Gasteiger partial charge in [0.25, 0.3) is 5.91 Å². The number of hydrogen-bond donors (Lipinski definition) is 2. The summed E-state index contributed by atoms with van der Waals surface area (Å²) in [6.45, 7) is 0.876. The molecular weight excluding hydrogens is 487 g/mol. The lowest BCUT2D eigenvalue weighted by Crippen LogP contribution is -2.47. The van der Waals surface area contributed by atoms with Crippen LogP contribution >= 0.6 is 0 Å². The fraction of sp³-hybridized carbons (Fsp3) is 0.519. The van der Waals surface area contributed by atoms with Crippen LogP contribution in [-0.4, -0.2) is 51.9 Å². The molecule has 3 N–H and O–H groups in total. The molecule has 37 heavy (non-hydrogen) atoms. The first-order chi connectivity index (χ1) is 17.4. The fourth-order valence-electron chi connectivity index (χ4n) is 5.32. The zero-order valence-electron chi connectivity index (χ0n) is 20.7. The van der Waals surface area contributed by atoms with Crippen molar-refractivity contribution >= 4 is 12.0 Å². The molecule has 0 spiro atoms. The molecule has 2 aromatic rings. The molecule has 200 valence electrons. The van der Waals surface area contributed by atoms with Crippen LogP contribution in [0.15, 0.2) is 48.7 Å². The number of rotatable bonds is 8. The number of halogens is 3. The molecule has 0 radical (unpaired) electrons. The number of ether oxygens (including phenoxy) is 1. The maximum atomic E-state index is 13.5. The summed E-state index contributed by atoms with van der Waals surface area (Å²) < 4.78 is 44.6. The van der Waals surface area contributed by atoms with Crippen LogP contribution in [0.2, 0.25) is 0 Å². The first-order valence-electron chi connectivity index (χ1n) is 12.5. The van der Waals surface area contributed by atoms with Gasteiger partial charge in [0, 0.05) is 35.0 Å². The number of benzene rings is 1. The molecule has 2 amide bonds. The monoisotopic (exact) mass is 519 g/mol. The van der Waals surface area contributed by atoms with Crippen molar-refractivity contribution in [3.05, 3.63) is 65.5 Å². The topological polar surface area (TPSA) is 106 Å². The van der Waals surface area contributed by atoms with Gasteiger partial charge in [0.1, 0.15) is 0 Å². The number of primary amides is 1. The molecule has 0 bridgehead atoms. The van der Waals surface area contributed by atoms with E-state index >= 15 is 0 Å². The molecule has 0 saturated heterocycles. The van der Waals surface area contributed by atoms with Crippen molar-refractivity contribution in [3.8, 4) is 0 Å². The lowest BCUT2D eigenvalue weighted by Gasteiger charge is -2.43. The Morgan fingerprint density at radius 3 is 2.22 bits per heavy atom. The van der Waals surface area contributed by atoms with Gasteiger partial charge in [-0.3, -0.25) is 9.78 Å². The van der Waals surface area contributed by atoms with Gasteiger partial charge in [0.15, 0.2) is 5.60 Å². The van der Waals surface area contributed by atoms with E-state index in [1.807, 2.05) is 23.1 Å². The largest absolute Gasteiger partial charge is 0.450 e. The van der Waals surface area contributed by atoms with Crippen LogP contribution < -0.4 is 5.73 Å². The summed E-state index contributed by atoms with van der Waals surface area (Å²) in [5, 5.41) is 9.94. The number of carbonyl (C=O) groups excluding carboxylic acids is 2. The minimum Gasteiger partial charge on any atom is -0.450 e. The maximum Gasteiger partial charge on any atom is 0.421 e. The van der Waals surface area contributed by atoms with Crippen molar-refractivity contribution in [2.45, 2.75) is 81.1 Å². The summed E-state index contributed by atoms with van der Waals surface area (Å²) in [5.74, 6) is -0.215. The van der Waals surface area contributed by atoms with Gasteiger partial charge in [-0.2, -0.15) is 13.2 Å². The van der Waals surface area contributed by atoms with Crippen LogP contribution in [0.5, 0.6) is 0 Å². The van der Waals surface area contributed by atoms with E-state index in [1.165, 1.54) is 12.1 Å². The second-order valence-corrected chi connectivity index (χ2v) is 10.2. The van der Waals surface area contributed by atoms with E-state index < -0.39 is 17.9 Å². The Kier molecular flexibility index (Phi) is 7.50. The van der Waals surface area contributed by atoms with Crippen molar-refractivity contribution < 1.29 is 32.6 Å². The van der Waals surface area contributed by atoms with Gasteiger partial charge in [-0.15, -0.1) is 0 Å². The van der Waals surface area contributed by atoms with E-state index in [-0.39, 0.29) is 35.6 Å². The van der Waals surface area contributed by atoms with Gasteiger partial charge >= 0.3 is 12.3 Å². The van der Waals surface area contributed by atoms with E-state index in [2.05, 4.69) is 4.98 Å². The molecule has 1 aromatic carbocycles. The van der Waals surface area contributed by atoms with Crippen molar-refractivity contribution in [1.82, 2.24) is 9.88 Å². The molecule has 1 unspecified atom stereocenters. The molecule has 2 aliphatic carbocycles. The number of nitrogens with zero attached hydrogens (tertiary/aromatic N) is 2. The van der Waals surface area contributed by atoms with Crippen LogP contribution in [0.4, 0.5) is 18.0 Å². The zero-order chi connectivity index (χ0) is 26.8. The van der Waals surface area contributed by atoms with Gasteiger partial charge < -0.3 is 20.5 Å². The Hall–Kier alpha value is -3.14. The minimum absolute atomic E-state index is 0.0214. The number of aliphatic hydroxyl groups is 1. The Labute approximate surface area is 213 Å². The van der Waals surface area contributed by atoms with Crippen LogP contribution in [0.25, 0.3) is 0 Å². The second kappa shape index (κ2) is 10.3. The molecule has 1 aromatic heterocycles. The number of hydrogen-bond acceptors (Lipinski definition) is 5. The molecule has 2 fully saturated rings. The Bertz CT molecular complexity index is 1090. The van der Waals surface area contributed by atoms with Crippen molar-refractivity contribution in [1.29, 1.82) is 0 Å². The minimum atomic E-state index is -4.83. The Morgan fingerprint density at radius 1 is 1.08 bits per heavy atom. The predicted octanol–water partition coefficient (Wildman–Crippen LogP) is 4.82. The van der Waals surface area contributed by atoms with E-state index in [4.69, 9.17) is 10.5 Å². The standard InChI is InChI=1S/C27H32F3N3O4/c1-25(36,27(28,29)30)19-7-5-18(6-8-19)23(34)33(20-9-10-20)21-11-13-26(14-12-21,15-17-37-24(31)35)22-4-2-3-16-32-22/h2-8,16,20-21,36H,9-15,17H2,1H3,(H2,31,35). The third-order valence-corrected chi connectivity index (χ3v) is 7.76. The quantitative estimate of drug-likeness (QED) is 0.520. The van der Waals surface area contributed by atoms with E-state index in [0.717, 1.165) is 56.4 Å².